The number of likely N-dealkylation sites (N-methyl/N-ethyl adjacent to an activating group) is 1. The van der Waals surface area contributed by atoms with Gasteiger partial charge in [-0.15, -0.1) is 0 Å². The lowest BCUT2D eigenvalue weighted by atomic mass is 10.1. The molecular weight excluding hydrogens is 375 g/mol. The Morgan fingerprint density at radius 1 is 1.17 bits per heavy atom. The zero-order chi connectivity index (χ0) is 20.4. The molecule has 0 unspecified atom stereocenters. The number of carbonyl (C=O) groups is 2. The minimum absolute atomic E-state index is 0.0779. The van der Waals surface area contributed by atoms with Crippen LogP contribution >= 0.6 is 0 Å². The number of carbonyl (C=O) groups excluding carboxylic acids is 2. The Labute approximate surface area is 168 Å². The second-order valence-corrected chi connectivity index (χ2v) is 7.23. The molecule has 152 valence electrons. The van der Waals surface area contributed by atoms with E-state index in [1.165, 1.54) is 11.0 Å². The topological polar surface area (TPSA) is 59.1 Å². The first-order valence-corrected chi connectivity index (χ1v) is 9.79. The van der Waals surface area contributed by atoms with Crippen molar-refractivity contribution >= 4 is 17.5 Å². The molecule has 2 aliphatic rings. The summed E-state index contributed by atoms with van der Waals surface area (Å²) < 4.78 is 25.8. The highest BCUT2D eigenvalue weighted by Gasteiger charge is 2.38. The van der Waals surface area contributed by atoms with Gasteiger partial charge < -0.3 is 19.3 Å². The van der Waals surface area contributed by atoms with E-state index in [-0.39, 0.29) is 36.6 Å². The van der Waals surface area contributed by atoms with Gasteiger partial charge in [0.2, 0.25) is 11.8 Å². The number of nitrogens with zero attached hydrogens (tertiary/aromatic N) is 2. The van der Waals surface area contributed by atoms with Crippen molar-refractivity contribution in [2.75, 3.05) is 31.1 Å². The molecule has 0 aliphatic carbocycles. The summed E-state index contributed by atoms with van der Waals surface area (Å²) in [7, 11) is 0. The van der Waals surface area contributed by atoms with Crippen molar-refractivity contribution in [2.45, 2.75) is 19.4 Å². The van der Waals surface area contributed by atoms with Crippen LogP contribution in [0.4, 0.5) is 10.1 Å². The Hall–Kier alpha value is -3.09. The van der Waals surface area contributed by atoms with Crippen molar-refractivity contribution in [1.29, 1.82) is 0 Å². The zero-order valence-electron chi connectivity index (χ0n) is 16.2. The third-order valence-electron chi connectivity index (χ3n) is 5.30. The number of benzene rings is 2. The fourth-order valence-electron chi connectivity index (χ4n) is 3.81. The SMILES string of the molecule is CCN(C[C@H]1COc2ccccc2O1)C(=O)[C@H]1CC(=O)N(c2ccccc2F)C1. The van der Waals surface area contributed by atoms with Crippen LogP contribution < -0.4 is 14.4 Å². The van der Waals surface area contributed by atoms with E-state index in [0.29, 0.717) is 31.2 Å². The minimum atomic E-state index is -0.501. The highest BCUT2D eigenvalue weighted by Crippen LogP contribution is 2.32. The Kier molecular flexibility index (Phi) is 5.38. The van der Waals surface area contributed by atoms with Crippen molar-refractivity contribution in [3.05, 3.63) is 54.3 Å². The van der Waals surface area contributed by atoms with E-state index < -0.39 is 11.7 Å². The summed E-state index contributed by atoms with van der Waals surface area (Å²) in [4.78, 5) is 28.5. The first-order valence-electron chi connectivity index (χ1n) is 9.79. The zero-order valence-corrected chi connectivity index (χ0v) is 16.2. The molecule has 2 aromatic carbocycles. The molecule has 0 saturated carbocycles. The number of hydrogen-bond acceptors (Lipinski definition) is 4. The Morgan fingerprint density at radius 2 is 1.90 bits per heavy atom. The molecule has 6 nitrogen and oxygen atoms in total. The van der Waals surface area contributed by atoms with Gasteiger partial charge in [0.1, 0.15) is 12.4 Å². The molecule has 7 heteroatoms. The molecule has 2 aliphatic heterocycles. The Morgan fingerprint density at radius 3 is 2.66 bits per heavy atom. The summed E-state index contributed by atoms with van der Waals surface area (Å²) in [5, 5.41) is 0. The van der Waals surface area contributed by atoms with Crippen LogP contribution in [-0.2, 0) is 9.59 Å². The largest absolute Gasteiger partial charge is 0.486 e. The lowest BCUT2D eigenvalue weighted by Crippen LogP contribution is -2.46. The number of halogens is 1. The molecule has 0 spiro atoms. The molecule has 1 fully saturated rings. The number of amides is 2. The monoisotopic (exact) mass is 398 g/mol. The predicted octanol–water partition coefficient (Wildman–Crippen LogP) is 2.87. The van der Waals surface area contributed by atoms with Crippen molar-refractivity contribution < 1.29 is 23.5 Å². The summed E-state index contributed by atoms with van der Waals surface area (Å²) in [5.41, 5.74) is 0.219. The van der Waals surface area contributed by atoms with Gasteiger partial charge in [0.25, 0.3) is 0 Å². The van der Waals surface area contributed by atoms with Gasteiger partial charge in [-0.25, -0.2) is 4.39 Å². The number of ether oxygens (including phenoxy) is 2. The van der Waals surface area contributed by atoms with Gasteiger partial charge in [0.15, 0.2) is 17.6 Å². The number of para-hydroxylation sites is 3. The first-order chi connectivity index (χ1) is 14.1. The fourth-order valence-corrected chi connectivity index (χ4v) is 3.81. The van der Waals surface area contributed by atoms with Gasteiger partial charge >= 0.3 is 0 Å². The van der Waals surface area contributed by atoms with E-state index in [1.807, 2.05) is 31.2 Å². The molecular formula is C22H23FN2O4. The van der Waals surface area contributed by atoms with E-state index in [0.717, 1.165) is 0 Å². The second-order valence-electron chi connectivity index (χ2n) is 7.23. The number of fused-ring (bicyclic) bond motifs is 1. The van der Waals surface area contributed by atoms with E-state index in [4.69, 9.17) is 9.47 Å². The Balaban J connectivity index is 1.42. The van der Waals surface area contributed by atoms with Crippen LogP contribution in [0.2, 0.25) is 0 Å². The van der Waals surface area contributed by atoms with Crippen LogP contribution in [0.5, 0.6) is 11.5 Å². The van der Waals surface area contributed by atoms with Gasteiger partial charge in [-0.05, 0) is 31.2 Å². The molecule has 2 aromatic rings. The molecule has 4 rings (SSSR count). The summed E-state index contributed by atoms with van der Waals surface area (Å²) >= 11 is 0. The maximum atomic E-state index is 14.1. The van der Waals surface area contributed by atoms with E-state index in [2.05, 4.69) is 0 Å². The lowest BCUT2D eigenvalue weighted by Gasteiger charge is -2.32. The van der Waals surface area contributed by atoms with Gasteiger partial charge in [-0.1, -0.05) is 24.3 Å². The Bertz CT molecular complexity index is 919. The van der Waals surface area contributed by atoms with Crippen LogP contribution in [0.15, 0.2) is 48.5 Å². The minimum Gasteiger partial charge on any atom is -0.486 e. The van der Waals surface area contributed by atoms with Gasteiger partial charge in [0, 0.05) is 19.5 Å². The molecule has 0 aromatic heterocycles. The van der Waals surface area contributed by atoms with Crippen molar-refractivity contribution in [3.8, 4) is 11.5 Å². The van der Waals surface area contributed by atoms with Crippen molar-refractivity contribution in [2.24, 2.45) is 5.92 Å². The highest BCUT2D eigenvalue weighted by molar-refractivity contribution is 6.00. The summed E-state index contributed by atoms with van der Waals surface area (Å²) in [5.74, 6) is 0.0264. The highest BCUT2D eigenvalue weighted by atomic mass is 19.1. The first kappa shape index (κ1) is 19.2. The molecule has 2 amide bonds. The average molecular weight is 398 g/mol. The third kappa shape index (κ3) is 3.90. The number of rotatable bonds is 5. The van der Waals surface area contributed by atoms with E-state index in [9.17, 15) is 14.0 Å². The molecule has 2 heterocycles. The van der Waals surface area contributed by atoms with Gasteiger partial charge in [0.05, 0.1) is 18.2 Å². The number of anilines is 1. The molecule has 29 heavy (non-hydrogen) atoms. The number of hydrogen-bond donors (Lipinski definition) is 0. The molecule has 0 radical (unpaired) electrons. The van der Waals surface area contributed by atoms with Crippen molar-refractivity contribution in [3.63, 3.8) is 0 Å². The summed E-state index contributed by atoms with van der Waals surface area (Å²) in [6, 6.07) is 13.5. The average Bonchev–Trinajstić information content (AvgIpc) is 3.13. The predicted molar refractivity (Wildman–Crippen MR) is 105 cm³/mol. The summed E-state index contributed by atoms with van der Waals surface area (Å²) in [6.45, 7) is 3.28. The van der Waals surface area contributed by atoms with Crippen LogP contribution in [0.1, 0.15) is 13.3 Å². The maximum absolute atomic E-state index is 14.1. The van der Waals surface area contributed by atoms with Crippen LogP contribution in [0, 0.1) is 11.7 Å². The van der Waals surface area contributed by atoms with Crippen molar-refractivity contribution in [1.82, 2.24) is 4.90 Å². The molecule has 0 N–H and O–H groups in total. The standard InChI is InChI=1S/C22H23FN2O4/c1-2-24(13-16-14-28-19-9-5-6-10-20(19)29-16)22(27)15-11-21(26)25(12-15)18-8-4-3-7-17(18)23/h3-10,15-16H,2,11-14H2,1H3/t15-,16-/m0/s1. The smallest absolute Gasteiger partial charge is 0.228 e. The van der Waals surface area contributed by atoms with Gasteiger partial charge in [-0.3, -0.25) is 9.59 Å². The molecule has 2 atom stereocenters. The third-order valence-corrected chi connectivity index (χ3v) is 5.30. The van der Waals surface area contributed by atoms with Crippen LogP contribution in [0.25, 0.3) is 0 Å². The summed E-state index contributed by atoms with van der Waals surface area (Å²) in [6.07, 6.45) is -0.206. The van der Waals surface area contributed by atoms with E-state index >= 15 is 0 Å². The quantitative estimate of drug-likeness (QED) is 0.777. The van der Waals surface area contributed by atoms with Gasteiger partial charge in [-0.2, -0.15) is 0 Å². The molecule has 1 saturated heterocycles. The normalized spacial score (nSPS) is 20.6. The molecule has 0 bridgehead atoms. The lowest BCUT2D eigenvalue weighted by molar-refractivity contribution is -0.137. The maximum Gasteiger partial charge on any atom is 0.228 e. The van der Waals surface area contributed by atoms with Crippen LogP contribution in [0.3, 0.4) is 0 Å². The van der Waals surface area contributed by atoms with E-state index in [1.54, 1.807) is 23.1 Å². The fraction of sp³-hybridized carbons (Fsp3) is 0.364. The van der Waals surface area contributed by atoms with Crippen LogP contribution in [-0.4, -0.2) is 49.1 Å². The second kappa shape index (κ2) is 8.11.